The SMILES string of the molecule is CC1=C(CCn2ccnc2)CN(C)C=N1. The molecule has 15 heavy (non-hydrogen) atoms. The van der Waals surface area contributed by atoms with Crippen molar-refractivity contribution in [2.24, 2.45) is 4.99 Å². The molecule has 1 aromatic heterocycles. The van der Waals surface area contributed by atoms with Crippen LogP contribution < -0.4 is 0 Å². The summed E-state index contributed by atoms with van der Waals surface area (Å²) in [7, 11) is 2.05. The van der Waals surface area contributed by atoms with Gasteiger partial charge in [0.25, 0.3) is 0 Å². The average Bonchev–Trinajstić information content (AvgIpc) is 2.72. The summed E-state index contributed by atoms with van der Waals surface area (Å²) in [5, 5.41) is 0. The van der Waals surface area contributed by atoms with E-state index in [0.717, 1.165) is 25.2 Å². The molecule has 1 aliphatic rings. The van der Waals surface area contributed by atoms with Gasteiger partial charge in [-0.1, -0.05) is 0 Å². The highest BCUT2D eigenvalue weighted by Crippen LogP contribution is 2.15. The number of hydrogen-bond donors (Lipinski definition) is 0. The zero-order chi connectivity index (χ0) is 10.7. The van der Waals surface area contributed by atoms with Crippen molar-refractivity contribution in [3.63, 3.8) is 0 Å². The molecule has 1 aliphatic heterocycles. The number of rotatable bonds is 3. The molecule has 0 saturated carbocycles. The van der Waals surface area contributed by atoms with Crippen LogP contribution in [-0.2, 0) is 6.54 Å². The predicted octanol–water partition coefficient (Wildman–Crippen LogP) is 1.52. The van der Waals surface area contributed by atoms with E-state index in [1.165, 1.54) is 5.57 Å². The van der Waals surface area contributed by atoms with E-state index in [-0.39, 0.29) is 0 Å². The van der Waals surface area contributed by atoms with Gasteiger partial charge in [-0.05, 0) is 18.9 Å². The fourth-order valence-electron chi connectivity index (χ4n) is 1.68. The summed E-state index contributed by atoms with van der Waals surface area (Å²) in [6.45, 7) is 4.05. The third kappa shape index (κ3) is 2.46. The molecule has 0 atom stereocenters. The number of likely N-dealkylation sites (N-methyl/N-ethyl adjacent to an activating group) is 1. The molecule has 4 nitrogen and oxygen atoms in total. The van der Waals surface area contributed by atoms with Crippen molar-refractivity contribution in [3.05, 3.63) is 30.0 Å². The van der Waals surface area contributed by atoms with Gasteiger partial charge >= 0.3 is 0 Å². The predicted molar refractivity (Wildman–Crippen MR) is 60.7 cm³/mol. The normalized spacial score (nSPS) is 16.3. The summed E-state index contributed by atoms with van der Waals surface area (Å²) in [5.41, 5.74) is 2.57. The molecule has 0 amide bonds. The van der Waals surface area contributed by atoms with E-state index < -0.39 is 0 Å². The van der Waals surface area contributed by atoms with Crippen molar-refractivity contribution in [1.82, 2.24) is 14.5 Å². The number of nitrogens with zero attached hydrogens (tertiary/aromatic N) is 4. The topological polar surface area (TPSA) is 33.4 Å². The van der Waals surface area contributed by atoms with Gasteiger partial charge in [-0.2, -0.15) is 0 Å². The number of aliphatic imine (C=N–C) groups is 1. The average molecular weight is 204 g/mol. The Balaban J connectivity index is 1.97. The van der Waals surface area contributed by atoms with Gasteiger partial charge in [-0.25, -0.2) is 9.98 Å². The highest BCUT2D eigenvalue weighted by Gasteiger charge is 2.08. The van der Waals surface area contributed by atoms with Crippen molar-refractivity contribution >= 4 is 6.34 Å². The minimum Gasteiger partial charge on any atom is -0.362 e. The Morgan fingerprint density at radius 1 is 1.47 bits per heavy atom. The third-order valence-electron chi connectivity index (χ3n) is 2.63. The van der Waals surface area contributed by atoms with E-state index >= 15 is 0 Å². The highest BCUT2D eigenvalue weighted by atomic mass is 15.1. The Labute approximate surface area is 89.9 Å². The molecular formula is C11H16N4. The first kappa shape index (κ1) is 9.96. The van der Waals surface area contributed by atoms with Crippen LogP contribution in [0.5, 0.6) is 0 Å². The molecule has 0 aliphatic carbocycles. The van der Waals surface area contributed by atoms with Gasteiger partial charge in [0.1, 0.15) is 0 Å². The molecule has 2 rings (SSSR count). The van der Waals surface area contributed by atoms with Gasteiger partial charge in [0.05, 0.1) is 12.7 Å². The molecule has 0 spiro atoms. The van der Waals surface area contributed by atoms with Gasteiger partial charge in [-0.3, -0.25) is 0 Å². The second-order valence-electron chi connectivity index (χ2n) is 3.90. The number of imidazole rings is 1. The summed E-state index contributed by atoms with van der Waals surface area (Å²) < 4.78 is 2.10. The van der Waals surface area contributed by atoms with E-state index in [9.17, 15) is 0 Å². The molecule has 0 N–H and O–H groups in total. The second-order valence-corrected chi connectivity index (χ2v) is 3.90. The number of aromatic nitrogens is 2. The fraction of sp³-hybridized carbons (Fsp3) is 0.455. The first-order valence-corrected chi connectivity index (χ1v) is 5.14. The highest BCUT2D eigenvalue weighted by molar-refractivity contribution is 5.59. The molecule has 4 heteroatoms. The van der Waals surface area contributed by atoms with Gasteiger partial charge in [0.15, 0.2) is 0 Å². The number of allylic oxidation sites excluding steroid dienone is 1. The van der Waals surface area contributed by atoms with Crippen molar-refractivity contribution < 1.29 is 0 Å². The van der Waals surface area contributed by atoms with Crippen molar-refractivity contribution in [3.8, 4) is 0 Å². The van der Waals surface area contributed by atoms with Crippen molar-refractivity contribution in [2.45, 2.75) is 19.9 Å². The lowest BCUT2D eigenvalue weighted by atomic mass is 10.1. The van der Waals surface area contributed by atoms with E-state index in [1.807, 2.05) is 32.1 Å². The Morgan fingerprint density at radius 3 is 3.07 bits per heavy atom. The Kier molecular flexibility index (Phi) is 2.85. The smallest absolute Gasteiger partial charge is 0.0946 e. The fourth-order valence-corrected chi connectivity index (χ4v) is 1.68. The van der Waals surface area contributed by atoms with Gasteiger partial charge in [-0.15, -0.1) is 0 Å². The van der Waals surface area contributed by atoms with Crippen LogP contribution in [-0.4, -0.2) is 34.4 Å². The van der Waals surface area contributed by atoms with Crippen LogP contribution in [0.1, 0.15) is 13.3 Å². The maximum absolute atomic E-state index is 4.35. The van der Waals surface area contributed by atoms with Crippen LogP contribution in [0, 0.1) is 0 Å². The molecule has 80 valence electrons. The van der Waals surface area contributed by atoms with E-state index in [0.29, 0.717) is 0 Å². The summed E-state index contributed by atoms with van der Waals surface area (Å²) in [4.78, 5) is 10.5. The first-order chi connectivity index (χ1) is 7.25. The number of aryl methyl sites for hydroxylation is 1. The zero-order valence-electron chi connectivity index (χ0n) is 9.22. The molecule has 1 aromatic rings. The summed E-state index contributed by atoms with van der Waals surface area (Å²) >= 11 is 0. The maximum Gasteiger partial charge on any atom is 0.0946 e. The molecule has 0 saturated heterocycles. The van der Waals surface area contributed by atoms with E-state index in [1.54, 1.807) is 0 Å². The monoisotopic (exact) mass is 204 g/mol. The zero-order valence-corrected chi connectivity index (χ0v) is 9.22. The lowest BCUT2D eigenvalue weighted by molar-refractivity contribution is 0.527. The summed E-state index contributed by atoms with van der Waals surface area (Å²) in [6, 6.07) is 0. The first-order valence-electron chi connectivity index (χ1n) is 5.14. The standard InChI is InChI=1S/C11H16N4/c1-10-11(7-14(2)9-13-10)3-5-15-6-4-12-8-15/h4,6,8-9H,3,5,7H2,1-2H3. The number of hydrogen-bond acceptors (Lipinski definition) is 3. The minimum absolute atomic E-state index is 0.982. The van der Waals surface area contributed by atoms with Gasteiger partial charge in [0.2, 0.25) is 0 Å². The quantitative estimate of drug-likeness (QED) is 0.748. The second kappa shape index (κ2) is 4.29. The van der Waals surface area contributed by atoms with E-state index in [2.05, 4.69) is 26.4 Å². The lowest BCUT2D eigenvalue weighted by Crippen LogP contribution is -2.23. The minimum atomic E-state index is 0.982. The summed E-state index contributed by atoms with van der Waals surface area (Å²) in [6.07, 6.45) is 8.59. The van der Waals surface area contributed by atoms with Crippen molar-refractivity contribution in [1.29, 1.82) is 0 Å². The molecule has 2 heterocycles. The molecule has 0 bridgehead atoms. The molecular weight excluding hydrogens is 188 g/mol. The van der Waals surface area contributed by atoms with Crippen LogP contribution >= 0.6 is 0 Å². The molecule has 0 unspecified atom stereocenters. The van der Waals surface area contributed by atoms with Crippen LogP contribution in [0.2, 0.25) is 0 Å². The van der Waals surface area contributed by atoms with E-state index in [4.69, 9.17) is 0 Å². The van der Waals surface area contributed by atoms with Crippen LogP contribution in [0.4, 0.5) is 0 Å². The molecule has 0 radical (unpaired) electrons. The van der Waals surface area contributed by atoms with Crippen LogP contribution in [0.15, 0.2) is 35.0 Å². The van der Waals surface area contributed by atoms with Gasteiger partial charge in [0, 0.05) is 38.2 Å². The molecule has 0 fully saturated rings. The Hall–Kier alpha value is -1.58. The Bertz CT molecular complexity index is 375. The van der Waals surface area contributed by atoms with Crippen LogP contribution in [0.25, 0.3) is 0 Å². The maximum atomic E-state index is 4.35. The third-order valence-corrected chi connectivity index (χ3v) is 2.63. The lowest BCUT2D eigenvalue weighted by Gasteiger charge is -2.21. The largest absolute Gasteiger partial charge is 0.362 e. The van der Waals surface area contributed by atoms with Crippen molar-refractivity contribution in [2.75, 3.05) is 13.6 Å². The Morgan fingerprint density at radius 2 is 2.33 bits per heavy atom. The van der Waals surface area contributed by atoms with Crippen LogP contribution in [0.3, 0.4) is 0 Å². The molecule has 0 aromatic carbocycles. The van der Waals surface area contributed by atoms with Gasteiger partial charge < -0.3 is 9.47 Å². The summed E-state index contributed by atoms with van der Waals surface area (Å²) in [5.74, 6) is 0.